The Morgan fingerprint density at radius 3 is 2.15 bits per heavy atom. The third kappa shape index (κ3) is 7.61. The molecule has 0 bridgehead atoms. The molecule has 6 aromatic rings. The SMILES string of the molecule is C[C@@H]1c2cc(-c3ccc4c(c3)C3=C(C=CCC3)[C@H](Cc3cccc(-c5ccccc5)c3)CC4)ccc2C2=C(CCCC2)CC1C1=CC(c2ccccc2)=NC(c2ccccc2)C1. The maximum atomic E-state index is 5.43. The maximum absolute atomic E-state index is 5.43. The van der Waals surface area contributed by atoms with E-state index in [0.717, 1.165) is 44.2 Å². The van der Waals surface area contributed by atoms with Crippen LogP contribution in [0.2, 0.25) is 0 Å². The molecular weight excluding hydrogens is 747 g/mol. The van der Waals surface area contributed by atoms with Crippen molar-refractivity contribution in [3.8, 4) is 22.3 Å². The number of aryl methyl sites for hydroxylation is 1. The predicted molar refractivity (Wildman–Crippen MR) is 261 cm³/mol. The molecule has 4 atom stereocenters. The third-order valence-corrected chi connectivity index (χ3v) is 15.0. The summed E-state index contributed by atoms with van der Waals surface area (Å²) in [6.07, 6.45) is 20.2. The number of rotatable bonds is 7. The van der Waals surface area contributed by atoms with E-state index in [4.69, 9.17) is 4.99 Å². The first-order chi connectivity index (χ1) is 30.6. The molecule has 0 saturated heterocycles. The molecule has 0 saturated carbocycles. The summed E-state index contributed by atoms with van der Waals surface area (Å²) in [4.78, 5) is 5.43. The third-order valence-electron chi connectivity index (χ3n) is 15.0. The Morgan fingerprint density at radius 1 is 0.581 bits per heavy atom. The lowest BCUT2D eigenvalue weighted by Gasteiger charge is -2.32. The van der Waals surface area contributed by atoms with Crippen LogP contribution in [0.3, 0.4) is 0 Å². The van der Waals surface area contributed by atoms with Gasteiger partial charge in [-0.3, -0.25) is 4.99 Å². The molecule has 0 fully saturated rings. The summed E-state index contributed by atoms with van der Waals surface area (Å²) in [6, 6.07) is 57.2. The second-order valence-electron chi connectivity index (χ2n) is 18.7. The van der Waals surface area contributed by atoms with Gasteiger partial charge in [0, 0.05) is 0 Å². The first kappa shape index (κ1) is 38.8. The summed E-state index contributed by atoms with van der Waals surface area (Å²) in [5.74, 6) is 1.32. The summed E-state index contributed by atoms with van der Waals surface area (Å²) < 4.78 is 0. The van der Waals surface area contributed by atoms with Crippen LogP contribution in [0.5, 0.6) is 0 Å². The molecule has 0 spiro atoms. The van der Waals surface area contributed by atoms with Crippen LogP contribution in [0.4, 0.5) is 0 Å². The van der Waals surface area contributed by atoms with E-state index in [9.17, 15) is 0 Å². The Kier molecular flexibility index (Phi) is 10.7. The Labute approximate surface area is 369 Å². The Morgan fingerprint density at radius 2 is 1.31 bits per heavy atom. The molecule has 11 rings (SSSR count). The number of benzene rings is 6. The summed E-state index contributed by atoms with van der Waals surface area (Å²) in [5.41, 5.74) is 24.5. The molecule has 1 heteroatoms. The average molecular weight is 804 g/mol. The molecule has 6 aromatic carbocycles. The number of dihydropyridines is 1. The van der Waals surface area contributed by atoms with Gasteiger partial charge in [0.05, 0.1) is 11.8 Å². The number of hydrogen-bond donors (Lipinski definition) is 0. The standard InChI is InChI=1S/C61H57N/c1-41-57(52-39-60(45-19-7-3-8-20-45)62-61(40-52)46-21-9-4-10-22-46)38-50-23-11-12-25-53(50)56-33-32-49(36-58(41)56)48-30-28-44-29-31-51(54-26-13-14-27-55(54)59(44)37-48)35-42-16-15-24-47(34-42)43-17-5-2-6-18-43/h2-10,13,15-22,24,26,28,30,32-34,36-37,39,41,51,57,61H,11-12,14,23,25,27,29,31,35,38,40H2,1H3/t41-,51-,57?,61?/m0/s1. The van der Waals surface area contributed by atoms with Gasteiger partial charge < -0.3 is 0 Å². The fraction of sp³-hybridized carbons (Fsp3) is 0.262. The minimum absolute atomic E-state index is 0.125. The molecule has 62 heavy (non-hydrogen) atoms. The van der Waals surface area contributed by atoms with E-state index in [1.165, 1.54) is 93.3 Å². The van der Waals surface area contributed by atoms with Crippen molar-refractivity contribution in [2.45, 2.75) is 89.5 Å². The fourth-order valence-electron chi connectivity index (χ4n) is 11.7. The van der Waals surface area contributed by atoms with Gasteiger partial charge in [0.25, 0.3) is 0 Å². The Bertz CT molecular complexity index is 2780. The van der Waals surface area contributed by atoms with E-state index in [0.29, 0.717) is 17.8 Å². The molecule has 5 aliphatic rings. The van der Waals surface area contributed by atoms with Crippen molar-refractivity contribution in [1.82, 2.24) is 0 Å². The highest BCUT2D eigenvalue weighted by Crippen LogP contribution is 2.51. The molecular formula is C61H57N. The topological polar surface area (TPSA) is 12.4 Å². The number of fused-ring (bicyclic) bond motifs is 4. The van der Waals surface area contributed by atoms with Gasteiger partial charge in [-0.1, -0.05) is 176 Å². The van der Waals surface area contributed by atoms with Gasteiger partial charge in [-0.05, 0) is 178 Å². The number of hydrogen-bond acceptors (Lipinski definition) is 1. The van der Waals surface area contributed by atoms with E-state index in [1.54, 1.807) is 27.9 Å². The minimum atomic E-state index is 0.125. The first-order valence-corrected chi connectivity index (χ1v) is 23.5. The van der Waals surface area contributed by atoms with Gasteiger partial charge in [0.15, 0.2) is 0 Å². The molecule has 0 radical (unpaired) electrons. The van der Waals surface area contributed by atoms with Crippen LogP contribution in [0.25, 0.3) is 33.4 Å². The van der Waals surface area contributed by atoms with Crippen LogP contribution in [0, 0.1) is 11.8 Å². The van der Waals surface area contributed by atoms with E-state index in [-0.39, 0.29) is 6.04 Å². The van der Waals surface area contributed by atoms with Gasteiger partial charge in [0.2, 0.25) is 0 Å². The second-order valence-corrected chi connectivity index (χ2v) is 18.7. The summed E-state index contributed by atoms with van der Waals surface area (Å²) in [5, 5.41) is 0. The van der Waals surface area contributed by atoms with Crippen molar-refractivity contribution >= 4 is 16.9 Å². The van der Waals surface area contributed by atoms with Crippen molar-refractivity contribution in [2.75, 3.05) is 0 Å². The molecule has 1 nitrogen and oxygen atoms in total. The molecule has 0 N–H and O–H groups in total. The predicted octanol–water partition coefficient (Wildman–Crippen LogP) is 15.9. The van der Waals surface area contributed by atoms with Gasteiger partial charge in [-0.2, -0.15) is 0 Å². The highest BCUT2D eigenvalue weighted by atomic mass is 14.8. The molecule has 4 aliphatic carbocycles. The average Bonchev–Trinajstić information content (AvgIpc) is 3.58. The molecule has 2 unspecified atom stereocenters. The van der Waals surface area contributed by atoms with Crippen LogP contribution < -0.4 is 0 Å². The van der Waals surface area contributed by atoms with Crippen LogP contribution >= 0.6 is 0 Å². The normalized spacial score (nSPS) is 22.0. The zero-order valence-electron chi connectivity index (χ0n) is 36.2. The Hall–Kier alpha value is -6.05. The minimum Gasteiger partial charge on any atom is -0.276 e. The zero-order chi connectivity index (χ0) is 41.4. The lowest BCUT2D eigenvalue weighted by molar-refractivity contribution is 0.473. The molecule has 306 valence electrons. The summed E-state index contributed by atoms with van der Waals surface area (Å²) in [7, 11) is 0. The number of nitrogens with zero attached hydrogens (tertiary/aromatic N) is 1. The molecule has 1 heterocycles. The first-order valence-electron chi connectivity index (χ1n) is 23.5. The zero-order valence-corrected chi connectivity index (χ0v) is 36.2. The van der Waals surface area contributed by atoms with E-state index >= 15 is 0 Å². The summed E-state index contributed by atoms with van der Waals surface area (Å²) in [6.45, 7) is 2.54. The van der Waals surface area contributed by atoms with Gasteiger partial charge >= 0.3 is 0 Å². The second kappa shape index (κ2) is 17.0. The highest BCUT2D eigenvalue weighted by molar-refractivity contribution is 6.09. The molecule has 0 aromatic heterocycles. The smallest absolute Gasteiger partial charge is 0.0793 e. The van der Waals surface area contributed by atoms with Crippen molar-refractivity contribution < 1.29 is 0 Å². The van der Waals surface area contributed by atoms with Crippen LogP contribution in [-0.4, -0.2) is 5.71 Å². The van der Waals surface area contributed by atoms with E-state index in [1.807, 2.05) is 0 Å². The lowest BCUT2D eigenvalue weighted by Crippen LogP contribution is -2.20. The van der Waals surface area contributed by atoms with Gasteiger partial charge in [-0.15, -0.1) is 0 Å². The van der Waals surface area contributed by atoms with Crippen molar-refractivity contribution in [2.24, 2.45) is 16.8 Å². The highest BCUT2D eigenvalue weighted by Gasteiger charge is 2.35. The number of aliphatic imine (C=N–C) groups is 1. The Balaban J connectivity index is 0.950. The van der Waals surface area contributed by atoms with Gasteiger partial charge in [-0.25, -0.2) is 0 Å². The lowest BCUT2D eigenvalue weighted by atomic mass is 9.75. The quantitative estimate of drug-likeness (QED) is 0.152. The van der Waals surface area contributed by atoms with E-state index in [2.05, 4.69) is 177 Å². The molecule has 0 amide bonds. The van der Waals surface area contributed by atoms with Gasteiger partial charge in [0.1, 0.15) is 0 Å². The largest absolute Gasteiger partial charge is 0.276 e. The van der Waals surface area contributed by atoms with Crippen LogP contribution in [0.15, 0.2) is 192 Å². The van der Waals surface area contributed by atoms with Crippen LogP contribution in [-0.2, 0) is 12.8 Å². The van der Waals surface area contributed by atoms with Crippen molar-refractivity contribution in [1.29, 1.82) is 0 Å². The molecule has 1 aliphatic heterocycles. The van der Waals surface area contributed by atoms with Crippen molar-refractivity contribution in [3.63, 3.8) is 0 Å². The summed E-state index contributed by atoms with van der Waals surface area (Å²) >= 11 is 0. The monoisotopic (exact) mass is 803 g/mol. The van der Waals surface area contributed by atoms with Crippen LogP contribution in [0.1, 0.15) is 116 Å². The number of allylic oxidation sites excluding steroid dienone is 7. The maximum Gasteiger partial charge on any atom is 0.0793 e. The van der Waals surface area contributed by atoms with E-state index < -0.39 is 0 Å². The fourth-order valence-corrected chi connectivity index (χ4v) is 11.7. The van der Waals surface area contributed by atoms with Crippen molar-refractivity contribution in [3.05, 3.63) is 226 Å².